The zero-order chi connectivity index (χ0) is 23.5. The fraction of sp³-hybridized carbons (Fsp3) is 0.450. The van der Waals surface area contributed by atoms with Crippen LogP contribution in [0.3, 0.4) is 0 Å². The van der Waals surface area contributed by atoms with Crippen LogP contribution in [0.5, 0.6) is 0 Å². The molecule has 1 aliphatic heterocycles. The van der Waals surface area contributed by atoms with Crippen LogP contribution in [0.25, 0.3) is 0 Å². The number of allylic oxidation sites excluding steroid dienone is 4. The summed E-state index contributed by atoms with van der Waals surface area (Å²) < 4.78 is 34.8. The van der Waals surface area contributed by atoms with Crippen LogP contribution < -0.4 is 0 Å². The fourth-order valence-corrected chi connectivity index (χ4v) is 2.77. The average molecular weight is 462 g/mol. The average Bonchev–Trinajstić information content (AvgIpc) is 2.68. The first-order valence-corrected chi connectivity index (χ1v) is 11.1. The number of carbonyl (C=O) groups is 1. The number of hydrogen-bond acceptors (Lipinski definition) is 7. The zero-order valence-electron chi connectivity index (χ0n) is 16.9. The molecule has 0 bridgehead atoms. The highest BCUT2D eigenvalue weighted by molar-refractivity contribution is 7.52. The van der Waals surface area contributed by atoms with Crippen molar-refractivity contribution in [1.29, 1.82) is 0 Å². The van der Waals surface area contributed by atoms with Gasteiger partial charge >= 0.3 is 19.7 Å². The number of cyclic esters (lactones) is 1. The first-order chi connectivity index (χ1) is 14.5. The van der Waals surface area contributed by atoms with Gasteiger partial charge in [-0.05, 0) is 13.0 Å². The molecule has 0 aliphatic carbocycles. The van der Waals surface area contributed by atoms with E-state index >= 15 is 0 Å². The van der Waals surface area contributed by atoms with E-state index in [-0.39, 0.29) is 6.61 Å². The molecule has 5 N–H and O–H groups in total. The fourth-order valence-electron chi connectivity index (χ4n) is 2.47. The standard InChI is InChI=1S/C20H28FO9P/c1-20(25,12-11-16-9-7-10-18(24)29-16)17(30-19(21)31(26,27)28)14-15(23)8-5-3-2-4-6-13-22/h2-8,10-12,15-17,19,22-23,25H,9,13-14H2,1H3,(H2,26,27,28)/b3-2-,6-4+,8-5-,12-11+/t15-,16+,17?,19?,20+/m0/s1. The van der Waals surface area contributed by atoms with Crippen LogP contribution in [0.2, 0.25) is 0 Å². The largest absolute Gasteiger partial charge is 0.455 e. The van der Waals surface area contributed by atoms with Gasteiger partial charge in [-0.15, -0.1) is 0 Å². The molecule has 0 saturated carbocycles. The minimum absolute atomic E-state index is 0.126. The van der Waals surface area contributed by atoms with Crippen LogP contribution in [-0.2, 0) is 18.8 Å². The van der Waals surface area contributed by atoms with Crippen LogP contribution in [0.1, 0.15) is 19.8 Å². The van der Waals surface area contributed by atoms with Crippen LogP contribution in [-0.4, -0.2) is 67.7 Å². The van der Waals surface area contributed by atoms with E-state index in [2.05, 4.69) is 0 Å². The summed E-state index contributed by atoms with van der Waals surface area (Å²) in [6.07, 6.45) is 7.71. The Balaban J connectivity index is 2.93. The zero-order valence-corrected chi connectivity index (χ0v) is 17.8. The van der Waals surface area contributed by atoms with Crippen molar-refractivity contribution in [1.82, 2.24) is 0 Å². The molecule has 0 aromatic rings. The number of ether oxygens (including phenoxy) is 2. The third kappa shape index (κ3) is 10.8. The monoisotopic (exact) mass is 462 g/mol. The Morgan fingerprint density at radius 1 is 1.35 bits per heavy atom. The summed E-state index contributed by atoms with van der Waals surface area (Å²) in [6.45, 7) is 1.08. The lowest BCUT2D eigenvalue weighted by Gasteiger charge is -2.32. The normalized spacial score (nSPS) is 22.9. The molecule has 0 radical (unpaired) electrons. The van der Waals surface area contributed by atoms with E-state index in [1.54, 1.807) is 24.3 Å². The van der Waals surface area contributed by atoms with Gasteiger partial charge in [-0.1, -0.05) is 48.6 Å². The molecule has 31 heavy (non-hydrogen) atoms. The minimum atomic E-state index is -5.26. The van der Waals surface area contributed by atoms with Crippen molar-refractivity contribution < 1.29 is 48.3 Å². The predicted octanol–water partition coefficient (Wildman–Crippen LogP) is 1.39. The van der Waals surface area contributed by atoms with Crippen LogP contribution in [0, 0.1) is 0 Å². The number of alkyl halides is 1. The number of esters is 1. The third-order valence-electron chi connectivity index (χ3n) is 4.09. The maximum atomic E-state index is 13.9. The van der Waals surface area contributed by atoms with Gasteiger partial charge in [-0.2, -0.15) is 0 Å². The Morgan fingerprint density at radius 2 is 2.03 bits per heavy atom. The number of halogens is 1. The lowest BCUT2D eigenvalue weighted by Crippen LogP contribution is -2.43. The van der Waals surface area contributed by atoms with Crippen molar-refractivity contribution in [3.05, 3.63) is 60.8 Å². The Labute approximate surface area is 179 Å². The highest BCUT2D eigenvalue weighted by Crippen LogP contribution is 2.44. The summed E-state index contributed by atoms with van der Waals surface area (Å²) in [5.74, 6) is -0.568. The number of aliphatic hydroxyl groups is 3. The van der Waals surface area contributed by atoms with Gasteiger partial charge in [-0.25, -0.2) is 9.18 Å². The van der Waals surface area contributed by atoms with Gasteiger partial charge < -0.3 is 34.6 Å². The highest BCUT2D eigenvalue weighted by Gasteiger charge is 2.39. The summed E-state index contributed by atoms with van der Waals surface area (Å²) in [5.41, 5.74) is -1.97. The lowest BCUT2D eigenvalue weighted by molar-refractivity contribution is -0.142. The molecule has 0 aromatic heterocycles. The van der Waals surface area contributed by atoms with Crippen LogP contribution >= 0.6 is 7.60 Å². The third-order valence-corrected chi connectivity index (χ3v) is 4.75. The molecular formula is C20H28FO9P. The van der Waals surface area contributed by atoms with E-state index in [1.165, 1.54) is 37.3 Å². The van der Waals surface area contributed by atoms with E-state index in [9.17, 15) is 24.0 Å². The second kappa shape index (κ2) is 12.8. The van der Waals surface area contributed by atoms with Gasteiger partial charge in [0.1, 0.15) is 11.7 Å². The summed E-state index contributed by atoms with van der Waals surface area (Å²) in [5, 5.41) is 29.5. The molecule has 2 unspecified atom stereocenters. The number of carbonyl (C=O) groups excluding carboxylic acids is 1. The number of aliphatic hydroxyl groups excluding tert-OH is 2. The first kappa shape index (κ1) is 27.1. The van der Waals surface area contributed by atoms with E-state index < -0.39 is 50.0 Å². The highest BCUT2D eigenvalue weighted by atomic mass is 31.2. The molecule has 1 aliphatic rings. The molecule has 0 saturated heterocycles. The van der Waals surface area contributed by atoms with Crippen LogP contribution in [0.4, 0.5) is 4.39 Å². The van der Waals surface area contributed by atoms with E-state index in [0.29, 0.717) is 6.42 Å². The van der Waals surface area contributed by atoms with Gasteiger partial charge in [0.2, 0.25) is 0 Å². The summed E-state index contributed by atoms with van der Waals surface area (Å²) >= 11 is 0. The van der Waals surface area contributed by atoms with Crippen molar-refractivity contribution >= 4 is 13.6 Å². The predicted molar refractivity (Wildman–Crippen MR) is 110 cm³/mol. The molecule has 1 rings (SSSR count). The van der Waals surface area contributed by atoms with Crippen molar-refractivity contribution in [3.8, 4) is 0 Å². The summed E-state index contributed by atoms with van der Waals surface area (Å²) in [4.78, 5) is 29.2. The second-order valence-corrected chi connectivity index (χ2v) is 8.47. The topological polar surface area (TPSA) is 154 Å². The molecule has 0 amide bonds. The molecule has 9 nitrogen and oxygen atoms in total. The summed E-state index contributed by atoms with van der Waals surface area (Å²) in [6, 6.07) is 0. The van der Waals surface area contributed by atoms with E-state index in [1.807, 2.05) is 0 Å². The SMILES string of the molecule is C[C@@](O)(/C=C/[C@H]1CC=CC(=O)O1)C(C[C@@H](O)\C=C/C=C\C=C\CO)OC(F)P(=O)(O)O. The molecular weight excluding hydrogens is 434 g/mol. The molecule has 0 spiro atoms. The van der Waals surface area contributed by atoms with Crippen molar-refractivity contribution in [2.75, 3.05) is 6.61 Å². The molecule has 174 valence electrons. The van der Waals surface area contributed by atoms with Gasteiger partial charge in [0, 0.05) is 18.9 Å². The quantitative estimate of drug-likeness (QED) is 0.125. The van der Waals surface area contributed by atoms with Crippen LogP contribution in [0.15, 0.2) is 60.8 Å². The number of rotatable bonds is 12. The Hall–Kier alpha value is -1.91. The molecule has 1 heterocycles. The maximum absolute atomic E-state index is 13.9. The van der Waals surface area contributed by atoms with Gasteiger partial charge in [0.25, 0.3) is 0 Å². The Bertz CT molecular complexity index is 767. The van der Waals surface area contributed by atoms with Crippen molar-refractivity contribution in [3.63, 3.8) is 0 Å². The second-order valence-electron chi connectivity index (χ2n) is 6.89. The molecule has 5 atom stereocenters. The van der Waals surface area contributed by atoms with Crippen molar-refractivity contribution in [2.45, 2.75) is 49.8 Å². The summed E-state index contributed by atoms with van der Waals surface area (Å²) in [7, 11) is -5.26. The smallest absolute Gasteiger partial charge is 0.386 e. The Morgan fingerprint density at radius 3 is 2.65 bits per heavy atom. The molecule has 11 heteroatoms. The molecule has 0 fully saturated rings. The van der Waals surface area contributed by atoms with Gasteiger partial charge in [0.05, 0.1) is 18.8 Å². The maximum Gasteiger partial charge on any atom is 0.386 e. The van der Waals surface area contributed by atoms with E-state index in [0.717, 1.165) is 6.08 Å². The van der Waals surface area contributed by atoms with Gasteiger partial charge in [-0.3, -0.25) is 4.57 Å². The van der Waals surface area contributed by atoms with Gasteiger partial charge in [0.15, 0.2) is 0 Å². The Kier molecular flexibility index (Phi) is 11.2. The number of hydrogen-bond donors (Lipinski definition) is 5. The van der Waals surface area contributed by atoms with Crippen molar-refractivity contribution in [2.24, 2.45) is 0 Å². The minimum Gasteiger partial charge on any atom is -0.455 e. The molecule has 0 aromatic carbocycles. The lowest BCUT2D eigenvalue weighted by atomic mass is 9.92. The first-order valence-electron chi connectivity index (χ1n) is 9.38. The van der Waals surface area contributed by atoms with E-state index in [4.69, 9.17) is 24.4 Å².